The molecule has 0 radical (unpaired) electrons. The standard InChI is InChI=1S/C16H32O4Si4/c1-21(13-5-6-13)17-22(2,14-7-8-14)19-24(4,16-11-12-16)20-23(3,18-21)15-9-10-15/h13-16H,5-12H2,1-4H3. The zero-order chi connectivity index (χ0) is 16.8. The molecule has 0 unspecified atom stereocenters. The summed E-state index contributed by atoms with van der Waals surface area (Å²) < 4.78 is 28.3. The van der Waals surface area contributed by atoms with Gasteiger partial charge in [0, 0.05) is 22.2 Å². The summed E-state index contributed by atoms with van der Waals surface area (Å²) in [5.74, 6) is 0. The molecule has 0 aromatic carbocycles. The van der Waals surface area contributed by atoms with Gasteiger partial charge in [-0.3, -0.25) is 0 Å². The molecule has 1 saturated heterocycles. The lowest BCUT2D eigenvalue weighted by Crippen LogP contribution is -2.68. The number of hydrogen-bond donors (Lipinski definition) is 0. The third-order valence-corrected chi connectivity index (χ3v) is 28.1. The van der Waals surface area contributed by atoms with E-state index in [0.29, 0.717) is 22.2 Å². The molecule has 0 aromatic heterocycles. The fourth-order valence-corrected chi connectivity index (χ4v) is 30.0. The van der Waals surface area contributed by atoms with Gasteiger partial charge in [0.05, 0.1) is 0 Å². The van der Waals surface area contributed by atoms with Gasteiger partial charge in [-0.25, -0.2) is 0 Å². The summed E-state index contributed by atoms with van der Waals surface area (Å²) in [6.07, 6.45) is 10.4. The molecule has 0 bridgehead atoms. The maximum Gasteiger partial charge on any atom is 0.320 e. The lowest BCUT2D eigenvalue weighted by molar-refractivity contribution is 0.218. The number of hydrogen-bond acceptors (Lipinski definition) is 4. The van der Waals surface area contributed by atoms with Crippen LogP contribution in [0.2, 0.25) is 48.4 Å². The Balaban J connectivity index is 1.52. The molecule has 8 heteroatoms. The summed E-state index contributed by atoms with van der Waals surface area (Å²) in [5.41, 5.74) is 2.75. The first-order valence-electron chi connectivity index (χ1n) is 10.1. The second kappa shape index (κ2) is 5.15. The molecule has 5 rings (SSSR count). The Bertz CT molecular complexity index is 438. The van der Waals surface area contributed by atoms with Crippen LogP contribution in [-0.2, 0) is 16.5 Å². The van der Waals surface area contributed by atoms with Crippen molar-refractivity contribution in [3.63, 3.8) is 0 Å². The highest BCUT2D eigenvalue weighted by Crippen LogP contribution is 2.60. The summed E-state index contributed by atoms with van der Waals surface area (Å²) in [6.45, 7) is 9.39. The molecule has 4 aliphatic carbocycles. The van der Waals surface area contributed by atoms with Crippen molar-refractivity contribution in [1.29, 1.82) is 0 Å². The van der Waals surface area contributed by atoms with Crippen LogP contribution in [-0.4, -0.2) is 34.2 Å². The third kappa shape index (κ3) is 2.90. The smallest absolute Gasteiger partial charge is 0.320 e. The van der Waals surface area contributed by atoms with Gasteiger partial charge < -0.3 is 16.5 Å². The van der Waals surface area contributed by atoms with Crippen LogP contribution in [0.1, 0.15) is 51.4 Å². The zero-order valence-corrected chi connectivity index (χ0v) is 19.6. The van der Waals surface area contributed by atoms with E-state index in [-0.39, 0.29) is 0 Å². The van der Waals surface area contributed by atoms with Gasteiger partial charge in [0.2, 0.25) is 0 Å². The van der Waals surface area contributed by atoms with Gasteiger partial charge in [0.1, 0.15) is 0 Å². The highest BCUT2D eigenvalue weighted by Gasteiger charge is 2.68. The molecule has 1 heterocycles. The normalized spacial score (nSPS) is 53.5. The van der Waals surface area contributed by atoms with E-state index in [0.717, 1.165) is 0 Å². The molecule has 5 aliphatic rings. The SMILES string of the molecule is C[Si]1(C2CC2)O[Si](C)(C2CC2)O[Si](C)(C2CC2)O[Si](C)(C2CC2)O1. The van der Waals surface area contributed by atoms with Crippen molar-refractivity contribution < 1.29 is 16.5 Å². The Kier molecular flexibility index (Phi) is 3.62. The van der Waals surface area contributed by atoms with Gasteiger partial charge in [-0.2, -0.15) is 0 Å². The average Bonchev–Trinajstić information content (AvgIpc) is 3.38. The molecule has 5 fully saturated rings. The molecule has 1 aliphatic heterocycles. The average molecular weight is 401 g/mol. The predicted octanol–water partition coefficient (Wildman–Crippen LogP) is 5.01. The fraction of sp³-hybridized carbons (Fsp3) is 1.00. The molecule has 0 N–H and O–H groups in total. The minimum absolute atomic E-state index is 0.688. The van der Waals surface area contributed by atoms with Crippen molar-refractivity contribution in [2.75, 3.05) is 0 Å². The Morgan fingerprint density at radius 3 is 0.708 bits per heavy atom. The second-order valence-electron chi connectivity index (χ2n) is 9.57. The van der Waals surface area contributed by atoms with Crippen LogP contribution >= 0.6 is 0 Å². The first kappa shape index (κ1) is 16.9. The van der Waals surface area contributed by atoms with Crippen LogP contribution < -0.4 is 0 Å². The molecule has 0 spiro atoms. The molecule has 4 nitrogen and oxygen atoms in total. The monoisotopic (exact) mass is 400 g/mol. The van der Waals surface area contributed by atoms with Gasteiger partial charge in [-0.1, -0.05) is 0 Å². The van der Waals surface area contributed by atoms with Crippen molar-refractivity contribution in [2.45, 2.75) is 99.7 Å². The molecule has 0 aromatic rings. The maximum atomic E-state index is 7.08. The highest BCUT2D eigenvalue weighted by atomic mass is 28.5. The topological polar surface area (TPSA) is 36.9 Å². The molecule has 136 valence electrons. The minimum Gasteiger partial charge on any atom is -0.415 e. The predicted molar refractivity (Wildman–Crippen MR) is 103 cm³/mol. The molecule has 0 atom stereocenters. The Hall–Kier alpha value is 0.708. The summed E-state index contributed by atoms with van der Waals surface area (Å²) in [7, 11) is -8.73. The Morgan fingerprint density at radius 2 is 0.583 bits per heavy atom. The maximum absolute atomic E-state index is 7.08. The van der Waals surface area contributed by atoms with Crippen molar-refractivity contribution in [3.05, 3.63) is 0 Å². The minimum atomic E-state index is -2.18. The van der Waals surface area contributed by atoms with E-state index in [1.807, 2.05) is 0 Å². The van der Waals surface area contributed by atoms with Crippen LogP contribution in [0.15, 0.2) is 0 Å². The van der Waals surface area contributed by atoms with Gasteiger partial charge >= 0.3 is 34.2 Å². The highest BCUT2D eigenvalue weighted by molar-refractivity contribution is 6.95. The first-order chi connectivity index (χ1) is 11.2. The van der Waals surface area contributed by atoms with Gasteiger partial charge in [0.15, 0.2) is 0 Å². The number of rotatable bonds is 4. The Morgan fingerprint density at radius 1 is 0.417 bits per heavy atom. The van der Waals surface area contributed by atoms with Crippen LogP contribution in [0.3, 0.4) is 0 Å². The molecule has 4 saturated carbocycles. The fourth-order valence-electron chi connectivity index (χ4n) is 4.79. The first-order valence-corrected chi connectivity index (χ1v) is 19.6. The third-order valence-electron chi connectivity index (χ3n) is 6.90. The van der Waals surface area contributed by atoms with Crippen LogP contribution in [0.25, 0.3) is 0 Å². The molecular weight excluding hydrogens is 369 g/mol. The van der Waals surface area contributed by atoms with Crippen molar-refractivity contribution >= 4 is 34.2 Å². The van der Waals surface area contributed by atoms with Crippen molar-refractivity contribution in [3.8, 4) is 0 Å². The van der Waals surface area contributed by atoms with Crippen molar-refractivity contribution in [2.24, 2.45) is 0 Å². The molecule has 0 amide bonds. The summed E-state index contributed by atoms with van der Waals surface area (Å²) in [4.78, 5) is 0. The van der Waals surface area contributed by atoms with E-state index in [4.69, 9.17) is 16.5 Å². The van der Waals surface area contributed by atoms with E-state index in [9.17, 15) is 0 Å². The zero-order valence-electron chi connectivity index (χ0n) is 15.6. The Labute approximate surface area is 150 Å². The molecular formula is C16H32O4Si4. The van der Waals surface area contributed by atoms with E-state index in [1.165, 1.54) is 51.4 Å². The van der Waals surface area contributed by atoms with Gasteiger partial charge in [-0.05, 0) is 77.6 Å². The summed E-state index contributed by atoms with van der Waals surface area (Å²) >= 11 is 0. The van der Waals surface area contributed by atoms with Gasteiger partial charge in [-0.15, -0.1) is 0 Å². The lowest BCUT2D eigenvalue weighted by atomic mass is 11.0. The van der Waals surface area contributed by atoms with E-state index < -0.39 is 34.2 Å². The molecule has 24 heavy (non-hydrogen) atoms. The summed E-state index contributed by atoms with van der Waals surface area (Å²) in [5, 5.41) is 0. The van der Waals surface area contributed by atoms with E-state index in [2.05, 4.69) is 26.2 Å². The van der Waals surface area contributed by atoms with Crippen LogP contribution in [0.4, 0.5) is 0 Å². The van der Waals surface area contributed by atoms with Crippen LogP contribution in [0.5, 0.6) is 0 Å². The van der Waals surface area contributed by atoms with Gasteiger partial charge in [0.25, 0.3) is 0 Å². The van der Waals surface area contributed by atoms with E-state index in [1.54, 1.807) is 0 Å². The van der Waals surface area contributed by atoms with Crippen molar-refractivity contribution in [1.82, 2.24) is 0 Å². The summed E-state index contributed by atoms with van der Waals surface area (Å²) in [6, 6.07) is 0. The lowest BCUT2D eigenvalue weighted by Gasteiger charge is -2.51. The quantitative estimate of drug-likeness (QED) is 0.622. The van der Waals surface area contributed by atoms with Crippen LogP contribution in [0, 0.1) is 0 Å². The van der Waals surface area contributed by atoms with E-state index >= 15 is 0 Å². The largest absolute Gasteiger partial charge is 0.415 e. The second-order valence-corrected chi connectivity index (χ2v) is 24.2.